The summed E-state index contributed by atoms with van der Waals surface area (Å²) in [5, 5.41) is 9.90. The van der Waals surface area contributed by atoms with E-state index in [0.717, 1.165) is 5.56 Å². The predicted molar refractivity (Wildman–Crippen MR) is 104 cm³/mol. The molecule has 0 amide bonds. The Morgan fingerprint density at radius 1 is 0.931 bits per heavy atom. The van der Waals surface area contributed by atoms with Crippen LogP contribution in [0.25, 0.3) is 0 Å². The van der Waals surface area contributed by atoms with Gasteiger partial charge < -0.3 is 9.47 Å². The molecule has 0 fully saturated rings. The summed E-state index contributed by atoms with van der Waals surface area (Å²) in [5.74, 6) is -2.34. The van der Waals surface area contributed by atoms with Crippen LogP contribution in [-0.4, -0.2) is 23.6 Å². The van der Waals surface area contributed by atoms with Gasteiger partial charge in [0.05, 0.1) is 0 Å². The van der Waals surface area contributed by atoms with Gasteiger partial charge in [0.15, 0.2) is 5.78 Å². The van der Waals surface area contributed by atoms with Crippen LogP contribution in [-0.2, 0) is 20.2 Å². The first kappa shape index (κ1) is 19.0. The van der Waals surface area contributed by atoms with Crippen molar-refractivity contribution in [1.82, 2.24) is 0 Å². The van der Waals surface area contributed by atoms with Crippen molar-refractivity contribution < 1.29 is 29.2 Å². The van der Waals surface area contributed by atoms with Crippen molar-refractivity contribution in [3.8, 4) is 5.75 Å². The number of hydrogen-bond donors (Lipinski definition) is 1. The number of rotatable bonds is 5. The fourth-order valence-electron chi connectivity index (χ4n) is 3.48. The lowest BCUT2D eigenvalue weighted by Gasteiger charge is -2.36. The number of carbonyl (C=O) groups is 2. The van der Waals surface area contributed by atoms with Gasteiger partial charge in [0.25, 0.3) is 5.79 Å². The van der Waals surface area contributed by atoms with Crippen LogP contribution in [0, 0.1) is 6.92 Å². The van der Waals surface area contributed by atoms with E-state index in [1.165, 1.54) is 0 Å². The number of ketones is 1. The summed E-state index contributed by atoms with van der Waals surface area (Å²) in [6.07, 6.45) is 0. The molecule has 0 aromatic heterocycles. The minimum absolute atomic E-state index is 0.206. The van der Waals surface area contributed by atoms with Gasteiger partial charge in [-0.25, -0.2) is 10.1 Å². The quantitative estimate of drug-likeness (QED) is 0.234. The van der Waals surface area contributed by atoms with Crippen molar-refractivity contribution in [3.05, 3.63) is 101 Å². The first-order chi connectivity index (χ1) is 14.0. The molecule has 0 radical (unpaired) electrons. The van der Waals surface area contributed by atoms with Crippen molar-refractivity contribution in [2.75, 3.05) is 6.61 Å². The third-order valence-electron chi connectivity index (χ3n) is 4.80. The molecule has 0 aliphatic heterocycles. The van der Waals surface area contributed by atoms with Crippen molar-refractivity contribution in [1.29, 1.82) is 0 Å². The number of benzene rings is 3. The van der Waals surface area contributed by atoms with Crippen LogP contribution in [0.3, 0.4) is 0 Å². The van der Waals surface area contributed by atoms with Crippen molar-refractivity contribution >= 4 is 11.8 Å². The molecule has 1 N–H and O–H groups in total. The average Bonchev–Trinajstić information content (AvgIpc) is 2.75. The molecule has 1 aliphatic rings. The van der Waals surface area contributed by atoms with Gasteiger partial charge in [0.1, 0.15) is 12.4 Å². The lowest BCUT2D eigenvalue weighted by molar-refractivity contribution is -0.394. The molecule has 3 aromatic carbocycles. The molecule has 0 heterocycles. The summed E-state index contributed by atoms with van der Waals surface area (Å²) in [4.78, 5) is 30.1. The highest BCUT2D eigenvalue weighted by Crippen LogP contribution is 2.43. The maximum atomic E-state index is 13.0. The molecule has 0 spiro atoms. The number of ether oxygens (including phenoxy) is 2. The van der Waals surface area contributed by atoms with E-state index in [2.05, 4.69) is 0 Å². The van der Waals surface area contributed by atoms with Gasteiger partial charge in [0, 0.05) is 22.3 Å². The molecule has 6 nitrogen and oxygen atoms in total. The highest BCUT2D eigenvalue weighted by molar-refractivity contribution is 6.13. The summed E-state index contributed by atoms with van der Waals surface area (Å²) in [7, 11) is 0. The van der Waals surface area contributed by atoms with Crippen LogP contribution in [0.15, 0.2) is 72.8 Å². The number of para-hydroxylation sites is 1. The molecule has 6 heteroatoms. The zero-order chi connectivity index (χ0) is 20.4. The number of hydrogen-bond acceptors (Lipinski definition) is 6. The molecule has 1 aliphatic carbocycles. The van der Waals surface area contributed by atoms with Gasteiger partial charge in [0.2, 0.25) is 0 Å². The lowest BCUT2D eigenvalue weighted by Crippen LogP contribution is -2.41. The molecule has 146 valence electrons. The van der Waals surface area contributed by atoms with Crippen LogP contribution in [0.4, 0.5) is 0 Å². The number of aryl methyl sites for hydroxylation is 1. The number of carbonyl (C=O) groups excluding carboxylic acids is 2. The third-order valence-corrected chi connectivity index (χ3v) is 4.80. The van der Waals surface area contributed by atoms with E-state index in [1.807, 2.05) is 6.92 Å². The minimum Gasteiger partial charge on any atom is -0.425 e. The van der Waals surface area contributed by atoms with Crippen molar-refractivity contribution in [2.45, 2.75) is 12.7 Å². The van der Waals surface area contributed by atoms with Crippen LogP contribution in [0.5, 0.6) is 5.75 Å². The van der Waals surface area contributed by atoms with E-state index in [1.54, 1.807) is 72.8 Å². The van der Waals surface area contributed by atoms with Crippen molar-refractivity contribution in [2.24, 2.45) is 0 Å². The van der Waals surface area contributed by atoms with Gasteiger partial charge in [-0.1, -0.05) is 60.2 Å². The van der Waals surface area contributed by atoms with Crippen LogP contribution in [0.1, 0.15) is 32.6 Å². The summed E-state index contributed by atoms with van der Waals surface area (Å²) >= 11 is 0. The van der Waals surface area contributed by atoms with Crippen molar-refractivity contribution in [3.63, 3.8) is 0 Å². The molecule has 0 saturated heterocycles. The predicted octanol–water partition coefficient (Wildman–Crippen LogP) is 3.85. The maximum Gasteiger partial charge on any atom is 0.337 e. The SMILES string of the molecule is Cc1ccc2c(c1)C(=O)c1ccccc1C2(OO)OCC(=O)Oc1ccccc1. The first-order valence-electron chi connectivity index (χ1n) is 9.03. The van der Waals surface area contributed by atoms with Gasteiger partial charge in [-0.3, -0.25) is 4.79 Å². The standard InChI is InChI=1S/C23H18O6/c1-15-11-12-20-18(13-15)22(25)17-9-5-6-10-19(17)23(20,29-26)27-14-21(24)28-16-7-3-2-4-8-16/h2-13,26H,14H2,1H3. The zero-order valence-corrected chi connectivity index (χ0v) is 15.6. The van der Waals surface area contributed by atoms with Crippen LogP contribution in [0.2, 0.25) is 0 Å². The topological polar surface area (TPSA) is 82.1 Å². The molecular weight excluding hydrogens is 372 g/mol. The molecule has 29 heavy (non-hydrogen) atoms. The van der Waals surface area contributed by atoms with Gasteiger partial charge in [-0.15, -0.1) is 0 Å². The second-order valence-electron chi connectivity index (χ2n) is 6.71. The van der Waals surface area contributed by atoms with E-state index in [-0.39, 0.29) is 5.78 Å². The van der Waals surface area contributed by atoms with E-state index in [0.29, 0.717) is 28.0 Å². The first-order valence-corrected chi connectivity index (χ1v) is 9.03. The number of esters is 1. The normalized spacial score (nSPS) is 17.4. The molecular formula is C23H18O6. The maximum absolute atomic E-state index is 13.0. The highest BCUT2D eigenvalue weighted by Gasteiger charge is 2.47. The molecule has 3 aromatic rings. The molecule has 4 rings (SSSR count). The Balaban J connectivity index is 1.71. The van der Waals surface area contributed by atoms with Gasteiger partial charge >= 0.3 is 5.97 Å². The largest absolute Gasteiger partial charge is 0.425 e. The van der Waals surface area contributed by atoms with Crippen LogP contribution < -0.4 is 4.74 Å². The van der Waals surface area contributed by atoms with E-state index in [4.69, 9.17) is 14.4 Å². The van der Waals surface area contributed by atoms with E-state index in [9.17, 15) is 14.8 Å². The lowest BCUT2D eigenvalue weighted by atomic mass is 9.80. The highest BCUT2D eigenvalue weighted by atomic mass is 17.1. The number of fused-ring (bicyclic) bond motifs is 2. The van der Waals surface area contributed by atoms with E-state index >= 15 is 0 Å². The Kier molecular flexibility index (Phi) is 4.98. The monoisotopic (exact) mass is 390 g/mol. The zero-order valence-electron chi connectivity index (χ0n) is 15.6. The second-order valence-corrected chi connectivity index (χ2v) is 6.71. The fourth-order valence-corrected chi connectivity index (χ4v) is 3.48. The van der Waals surface area contributed by atoms with Gasteiger partial charge in [-0.2, -0.15) is 4.89 Å². The smallest absolute Gasteiger partial charge is 0.337 e. The summed E-state index contributed by atoms with van der Waals surface area (Å²) in [6, 6.07) is 20.4. The third kappa shape index (κ3) is 3.34. The average molecular weight is 390 g/mol. The molecule has 1 unspecified atom stereocenters. The Hall–Kier alpha value is -3.32. The molecule has 0 saturated carbocycles. The Labute approximate surface area is 167 Å². The summed E-state index contributed by atoms with van der Waals surface area (Å²) in [6.45, 7) is 1.35. The van der Waals surface area contributed by atoms with Crippen LogP contribution >= 0.6 is 0 Å². The Morgan fingerprint density at radius 2 is 1.62 bits per heavy atom. The fraction of sp³-hybridized carbons (Fsp3) is 0.130. The van der Waals surface area contributed by atoms with Gasteiger partial charge in [-0.05, 0) is 25.1 Å². The van der Waals surface area contributed by atoms with E-state index < -0.39 is 18.4 Å². The molecule has 1 atom stereocenters. The summed E-state index contributed by atoms with van der Waals surface area (Å²) < 4.78 is 11.0. The Bertz CT molecular complexity index is 1080. The second kappa shape index (κ2) is 7.60. The summed E-state index contributed by atoms with van der Waals surface area (Å²) in [5.41, 5.74) is 2.18. The Morgan fingerprint density at radius 3 is 2.38 bits per heavy atom. The minimum atomic E-state index is -1.83. The molecule has 0 bridgehead atoms.